The van der Waals surface area contributed by atoms with Crippen molar-refractivity contribution in [1.82, 2.24) is 15.5 Å². The van der Waals surface area contributed by atoms with Crippen LogP contribution in [0.2, 0.25) is 0 Å². The molecule has 2 N–H and O–H groups in total. The van der Waals surface area contributed by atoms with Gasteiger partial charge in [-0.15, -0.1) is 0 Å². The quantitative estimate of drug-likeness (QED) is 0.863. The van der Waals surface area contributed by atoms with Gasteiger partial charge in [0.05, 0.1) is 12.6 Å². The van der Waals surface area contributed by atoms with E-state index < -0.39 is 0 Å². The molecule has 0 spiro atoms. The summed E-state index contributed by atoms with van der Waals surface area (Å²) in [7, 11) is 4.03. The van der Waals surface area contributed by atoms with E-state index in [1.54, 1.807) is 0 Å². The van der Waals surface area contributed by atoms with Gasteiger partial charge in [-0.05, 0) is 38.7 Å². The molecule has 4 nitrogen and oxygen atoms in total. The van der Waals surface area contributed by atoms with Crippen LogP contribution in [0.3, 0.4) is 0 Å². The topological polar surface area (TPSA) is 39.7 Å². The number of halogens is 1. The molecule has 0 saturated heterocycles. The van der Waals surface area contributed by atoms with Crippen LogP contribution in [0.5, 0.6) is 0 Å². The van der Waals surface area contributed by atoms with Crippen molar-refractivity contribution in [3.8, 4) is 0 Å². The van der Waals surface area contributed by atoms with Gasteiger partial charge in [0.25, 0.3) is 0 Å². The summed E-state index contributed by atoms with van der Waals surface area (Å²) in [5.74, 6) is 0.645. The minimum atomic E-state index is -0.204. The van der Waals surface area contributed by atoms with E-state index in [9.17, 15) is 4.39 Å². The largest absolute Gasteiger partial charge is 0.354 e. The molecule has 1 aromatic carbocycles. The van der Waals surface area contributed by atoms with Crippen molar-refractivity contribution in [3.05, 3.63) is 35.6 Å². The molecule has 5 heteroatoms. The first-order chi connectivity index (χ1) is 9.06. The van der Waals surface area contributed by atoms with Gasteiger partial charge in [0, 0.05) is 12.6 Å². The highest BCUT2D eigenvalue weighted by Crippen LogP contribution is 2.17. The van der Waals surface area contributed by atoms with E-state index in [-0.39, 0.29) is 11.9 Å². The minimum absolute atomic E-state index is 0.181. The summed E-state index contributed by atoms with van der Waals surface area (Å²) in [6, 6.07) is 7.23. The Balaban J connectivity index is 1.98. The van der Waals surface area contributed by atoms with Gasteiger partial charge in [0.2, 0.25) is 0 Å². The Kier molecular flexibility index (Phi) is 4.37. The first-order valence-corrected chi connectivity index (χ1v) is 6.53. The van der Waals surface area contributed by atoms with Crippen molar-refractivity contribution < 1.29 is 4.39 Å². The van der Waals surface area contributed by atoms with Crippen molar-refractivity contribution in [1.29, 1.82) is 0 Å². The number of hydrogen-bond donors (Lipinski definition) is 2. The van der Waals surface area contributed by atoms with Gasteiger partial charge in [-0.1, -0.05) is 12.1 Å². The number of aliphatic imine (C=N–C) groups is 1. The molecule has 1 aromatic rings. The maximum Gasteiger partial charge on any atom is 0.191 e. The predicted octanol–water partition coefficient (Wildman–Crippen LogP) is 1.37. The van der Waals surface area contributed by atoms with Crippen LogP contribution in [-0.2, 0) is 0 Å². The van der Waals surface area contributed by atoms with Gasteiger partial charge in [-0.25, -0.2) is 4.39 Å². The van der Waals surface area contributed by atoms with Crippen molar-refractivity contribution >= 4 is 5.96 Å². The Morgan fingerprint density at radius 3 is 2.63 bits per heavy atom. The molecule has 0 radical (unpaired) electrons. The van der Waals surface area contributed by atoms with E-state index >= 15 is 0 Å². The lowest BCUT2D eigenvalue weighted by atomic mass is 10.1. The molecular formula is C14H21FN4. The SMILES string of the molecule is CC1CN=C(NCC(c2ccc(F)cc2)N(C)C)N1. The Hall–Kier alpha value is -1.62. The molecule has 104 valence electrons. The summed E-state index contributed by atoms with van der Waals surface area (Å²) < 4.78 is 13.0. The lowest BCUT2D eigenvalue weighted by Crippen LogP contribution is -2.41. The van der Waals surface area contributed by atoms with Crippen LogP contribution < -0.4 is 10.6 Å². The van der Waals surface area contributed by atoms with Crippen molar-refractivity contribution in [2.24, 2.45) is 4.99 Å². The predicted molar refractivity (Wildman–Crippen MR) is 75.7 cm³/mol. The molecule has 1 aliphatic rings. The number of guanidine groups is 1. The number of likely N-dealkylation sites (N-methyl/N-ethyl adjacent to an activating group) is 1. The number of nitrogens with zero attached hydrogens (tertiary/aromatic N) is 2. The third-order valence-corrected chi connectivity index (χ3v) is 3.25. The first-order valence-electron chi connectivity index (χ1n) is 6.53. The van der Waals surface area contributed by atoms with Gasteiger partial charge in [-0.2, -0.15) is 0 Å². The van der Waals surface area contributed by atoms with Gasteiger partial charge in [-0.3, -0.25) is 4.99 Å². The van der Waals surface area contributed by atoms with E-state index in [2.05, 4.69) is 27.4 Å². The number of hydrogen-bond acceptors (Lipinski definition) is 4. The fraction of sp³-hybridized carbons (Fsp3) is 0.500. The number of benzene rings is 1. The van der Waals surface area contributed by atoms with Crippen molar-refractivity contribution in [3.63, 3.8) is 0 Å². The molecule has 1 aliphatic heterocycles. The molecule has 0 amide bonds. The Labute approximate surface area is 113 Å². The third kappa shape index (κ3) is 3.67. The summed E-state index contributed by atoms with van der Waals surface area (Å²) in [5.41, 5.74) is 1.09. The average molecular weight is 264 g/mol. The van der Waals surface area contributed by atoms with Gasteiger partial charge in [0.15, 0.2) is 5.96 Å². The smallest absolute Gasteiger partial charge is 0.191 e. The standard InChI is InChI=1S/C14H21FN4/c1-10-8-16-14(18-10)17-9-13(19(2)3)11-4-6-12(15)7-5-11/h4-7,10,13H,8-9H2,1-3H3,(H2,16,17,18). The van der Waals surface area contributed by atoms with Gasteiger partial charge in [0.1, 0.15) is 5.82 Å². The van der Waals surface area contributed by atoms with Crippen molar-refractivity contribution in [2.45, 2.75) is 19.0 Å². The highest BCUT2D eigenvalue weighted by Gasteiger charge is 2.17. The summed E-state index contributed by atoms with van der Waals surface area (Å²) in [6.07, 6.45) is 0. The molecule has 0 bridgehead atoms. The minimum Gasteiger partial charge on any atom is -0.354 e. The van der Waals surface area contributed by atoms with Gasteiger partial charge >= 0.3 is 0 Å². The fourth-order valence-corrected chi connectivity index (χ4v) is 2.14. The summed E-state index contributed by atoms with van der Waals surface area (Å²) >= 11 is 0. The Bertz CT molecular complexity index is 441. The second-order valence-corrected chi connectivity index (χ2v) is 5.15. The van der Waals surface area contributed by atoms with Crippen LogP contribution in [-0.4, -0.2) is 44.1 Å². The number of nitrogens with one attached hydrogen (secondary N) is 2. The maximum absolute atomic E-state index is 13.0. The van der Waals surface area contributed by atoms with Crippen LogP contribution in [0.1, 0.15) is 18.5 Å². The van der Waals surface area contributed by atoms with Crippen LogP contribution in [0.25, 0.3) is 0 Å². The van der Waals surface area contributed by atoms with Crippen LogP contribution in [0, 0.1) is 5.82 Å². The molecular weight excluding hydrogens is 243 g/mol. The molecule has 1 heterocycles. The van der Waals surface area contributed by atoms with E-state index in [4.69, 9.17) is 0 Å². The molecule has 0 aliphatic carbocycles. The highest BCUT2D eigenvalue weighted by molar-refractivity contribution is 5.81. The van der Waals surface area contributed by atoms with E-state index in [0.717, 1.165) is 24.6 Å². The molecule has 2 atom stereocenters. The molecule has 0 fully saturated rings. The maximum atomic E-state index is 13.0. The molecule has 2 rings (SSSR count). The summed E-state index contributed by atoms with van der Waals surface area (Å²) in [5, 5.41) is 6.58. The average Bonchev–Trinajstić information content (AvgIpc) is 2.77. The summed E-state index contributed by atoms with van der Waals surface area (Å²) in [6.45, 7) is 3.64. The van der Waals surface area contributed by atoms with Crippen LogP contribution in [0.15, 0.2) is 29.3 Å². The monoisotopic (exact) mass is 264 g/mol. The van der Waals surface area contributed by atoms with E-state index in [1.165, 1.54) is 12.1 Å². The zero-order chi connectivity index (χ0) is 13.8. The zero-order valence-corrected chi connectivity index (χ0v) is 11.7. The molecule has 0 aromatic heterocycles. The first kappa shape index (κ1) is 13.8. The molecule has 19 heavy (non-hydrogen) atoms. The summed E-state index contributed by atoms with van der Waals surface area (Å²) in [4.78, 5) is 6.48. The lowest BCUT2D eigenvalue weighted by Gasteiger charge is -2.25. The second-order valence-electron chi connectivity index (χ2n) is 5.15. The molecule has 2 unspecified atom stereocenters. The highest BCUT2D eigenvalue weighted by atomic mass is 19.1. The zero-order valence-electron chi connectivity index (χ0n) is 11.7. The normalized spacial score (nSPS) is 20.1. The Morgan fingerprint density at radius 1 is 1.42 bits per heavy atom. The Morgan fingerprint density at radius 2 is 2.11 bits per heavy atom. The van der Waals surface area contributed by atoms with Crippen molar-refractivity contribution in [2.75, 3.05) is 27.2 Å². The van der Waals surface area contributed by atoms with Crippen LogP contribution in [0.4, 0.5) is 4.39 Å². The third-order valence-electron chi connectivity index (χ3n) is 3.25. The van der Waals surface area contributed by atoms with Crippen LogP contribution >= 0.6 is 0 Å². The van der Waals surface area contributed by atoms with E-state index in [0.29, 0.717) is 6.04 Å². The van der Waals surface area contributed by atoms with Gasteiger partial charge < -0.3 is 15.5 Å². The fourth-order valence-electron chi connectivity index (χ4n) is 2.14. The second kappa shape index (κ2) is 6.02. The number of rotatable bonds is 4. The molecule has 0 saturated carbocycles. The van der Waals surface area contributed by atoms with E-state index in [1.807, 2.05) is 26.2 Å². The lowest BCUT2D eigenvalue weighted by molar-refractivity contribution is 0.298.